The quantitative estimate of drug-likeness (QED) is 0.927. The maximum Gasteiger partial charge on any atom is 0.417 e. The number of nitrogens with one attached hydrogen (secondary N) is 1. The Morgan fingerprint density at radius 3 is 2.55 bits per heavy atom. The van der Waals surface area contributed by atoms with Crippen LogP contribution in [0.1, 0.15) is 0 Å². The van der Waals surface area contributed by atoms with Crippen LogP contribution in [-0.2, 0) is 0 Å². The summed E-state index contributed by atoms with van der Waals surface area (Å²) in [5.41, 5.74) is 0.420. The third-order valence-electron chi connectivity index (χ3n) is 2.42. The van der Waals surface area contributed by atoms with Crippen LogP contribution in [0.4, 0.5) is 14.9 Å². The lowest BCUT2D eigenvalue weighted by atomic mass is 10.3. The summed E-state index contributed by atoms with van der Waals surface area (Å²) in [6.45, 7) is 0. The van der Waals surface area contributed by atoms with E-state index in [1.54, 1.807) is 18.2 Å². The van der Waals surface area contributed by atoms with Gasteiger partial charge in [-0.1, -0.05) is 11.6 Å². The highest BCUT2D eigenvalue weighted by Crippen LogP contribution is 2.28. The van der Waals surface area contributed by atoms with Crippen molar-refractivity contribution in [2.24, 2.45) is 0 Å². The van der Waals surface area contributed by atoms with Gasteiger partial charge in [-0.3, -0.25) is 5.32 Å². The molecule has 0 aliphatic rings. The molecule has 2 aromatic carbocycles. The summed E-state index contributed by atoms with van der Waals surface area (Å²) in [5, 5.41) is 3.00. The standard InChI is InChI=1S/C14H11ClFNO3/c1-19-13-8-9(15)2-7-12(13)17-14(18)20-11-5-3-10(16)4-6-11/h2-8H,1H3,(H,17,18). The van der Waals surface area contributed by atoms with Crippen LogP contribution in [0.3, 0.4) is 0 Å². The summed E-state index contributed by atoms with van der Waals surface area (Å²) in [5.74, 6) is 0.238. The van der Waals surface area contributed by atoms with Gasteiger partial charge in [0.05, 0.1) is 12.8 Å². The Morgan fingerprint density at radius 2 is 1.90 bits per heavy atom. The van der Waals surface area contributed by atoms with Crippen molar-refractivity contribution < 1.29 is 18.7 Å². The molecule has 0 atom stereocenters. The molecule has 0 saturated heterocycles. The second kappa shape index (κ2) is 6.25. The maximum absolute atomic E-state index is 12.7. The predicted molar refractivity (Wildman–Crippen MR) is 74.1 cm³/mol. The molecular weight excluding hydrogens is 285 g/mol. The SMILES string of the molecule is COc1cc(Cl)ccc1NC(=O)Oc1ccc(F)cc1. The number of hydrogen-bond donors (Lipinski definition) is 1. The number of rotatable bonds is 3. The van der Waals surface area contributed by atoms with Gasteiger partial charge in [0.2, 0.25) is 0 Å². The number of anilines is 1. The van der Waals surface area contributed by atoms with E-state index in [1.807, 2.05) is 0 Å². The molecule has 1 amide bonds. The highest BCUT2D eigenvalue weighted by molar-refractivity contribution is 6.30. The maximum atomic E-state index is 12.7. The van der Waals surface area contributed by atoms with Gasteiger partial charge in [0.15, 0.2) is 0 Å². The highest BCUT2D eigenvalue weighted by Gasteiger charge is 2.10. The molecule has 6 heteroatoms. The molecule has 2 rings (SSSR count). The van der Waals surface area contributed by atoms with E-state index in [9.17, 15) is 9.18 Å². The first kappa shape index (κ1) is 14.1. The van der Waals surface area contributed by atoms with E-state index in [-0.39, 0.29) is 5.75 Å². The zero-order chi connectivity index (χ0) is 14.5. The number of benzene rings is 2. The Balaban J connectivity index is 2.06. The molecule has 0 spiro atoms. The van der Waals surface area contributed by atoms with Crippen LogP contribution in [0.25, 0.3) is 0 Å². The summed E-state index contributed by atoms with van der Waals surface area (Å²) in [6.07, 6.45) is -0.711. The Hall–Kier alpha value is -2.27. The van der Waals surface area contributed by atoms with Crippen molar-refractivity contribution in [2.75, 3.05) is 12.4 Å². The monoisotopic (exact) mass is 295 g/mol. The molecule has 104 valence electrons. The van der Waals surface area contributed by atoms with E-state index in [0.717, 1.165) is 0 Å². The first-order valence-corrected chi connectivity index (χ1v) is 6.04. The molecule has 1 N–H and O–H groups in total. The fourth-order valence-electron chi connectivity index (χ4n) is 1.51. The van der Waals surface area contributed by atoms with Crippen molar-refractivity contribution in [2.45, 2.75) is 0 Å². The number of carbonyl (C=O) groups excluding carboxylic acids is 1. The second-order valence-corrected chi connectivity index (χ2v) is 4.25. The van der Waals surface area contributed by atoms with Gasteiger partial charge < -0.3 is 9.47 Å². The largest absolute Gasteiger partial charge is 0.495 e. The van der Waals surface area contributed by atoms with Crippen molar-refractivity contribution in [3.8, 4) is 11.5 Å². The number of halogens is 2. The van der Waals surface area contributed by atoms with Gasteiger partial charge in [0.1, 0.15) is 17.3 Å². The molecule has 0 unspecified atom stereocenters. The Labute approximate surface area is 120 Å². The van der Waals surface area contributed by atoms with Gasteiger partial charge >= 0.3 is 6.09 Å². The second-order valence-electron chi connectivity index (χ2n) is 3.81. The molecule has 0 saturated carbocycles. The summed E-state index contributed by atoms with van der Waals surface area (Å²) in [6, 6.07) is 9.87. The first-order valence-electron chi connectivity index (χ1n) is 5.66. The van der Waals surface area contributed by atoms with Crippen molar-refractivity contribution in [3.05, 3.63) is 53.3 Å². The third kappa shape index (κ3) is 3.61. The van der Waals surface area contributed by atoms with Crippen molar-refractivity contribution in [1.82, 2.24) is 0 Å². The lowest BCUT2D eigenvalue weighted by molar-refractivity contribution is 0.215. The number of hydrogen-bond acceptors (Lipinski definition) is 3. The van der Waals surface area contributed by atoms with Gasteiger partial charge in [0.25, 0.3) is 0 Å². The smallest absolute Gasteiger partial charge is 0.417 e. The van der Waals surface area contributed by atoms with E-state index < -0.39 is 11.9 Å². The fraction of sp³-hybridized carbons (Fsp3) is 0.0714. The van der Waals surface area contributed by atoms with Crippen molar-refractivity contribution >= 4 is 23.4 Å². The molecule has 0 aliphatic heterocycles. The van der Waals surface area contributed by atoms with Gasteiger partial charge in [0, 0.05) is 11.1 Å². The summed E-state index contributed by atoms with van der Waals surface area (Å²) < 4.78 is 22.8. The van der Waals surface area contributed by atoms with Crippen LogP contribution in [0, 0.1) is 5.82 Å². The molecule has 0 aliphatic carbocycles. The van der Waals surface area contributed by atoms with Crippen LogP contribution in [0.5, 0.6) is 11.5 Å². The number of methoxy groups -OCH3 is 1. The van der Waals surface area contributed by atoms with Gasteiger partial charge in [-0.2, -0.15) is 0 Å². The lowest BCUT2D eigenvalue weighted by Crippen LogP contribution is -2.17. The van der Waals surface area contributed by atoms with Crippen LogP contribution in [-0.4, -0.2) is 13.2 Å². The number of amides is 1. The molecule has 2 aromatic rings. The van der Waals surface area contributed by atoms with Crippen LogP contribution in [0.15, 0.2) is 42.5 Å². The van der Waals surface area contributed by atoms with Gasteiger partial charge in [-0.05, 0) is 36.4 Å². The fourth-order valence-corrected chi connectivity index (χ4v) is 1.68. The molecule has 4 nitrogen and oxygen atoms in total. The molecule has 0 aromatic heterocycles. The number of carbonyl (C=O) groups is 1. The minimum Gasteiger partial charge on any atom is -0.495 e. The highest BCUT2D eigenvalue weighted by atomic mass is 35.5. The zero-order valence-electron chi connectivity index (χ0n) is 10.5. The molecule has 0 bridgehead atoms. The Bertz CT molecular complexity index is 616. The Morgan fingerprint density at radius 1 is 1.20 bits per heavy atom. The topological polar surface area (TPSA) is 47.6 Å². The average Bonchev–Trinajstić information content (AvgIpc) is 2.43. The van der Waals surface area contributed by atoms with E-state index in [4.69, 9.17) is 21.1 Å². The van der Waals surface area contributed by atoms with Gasteiger partial charge in [-0.25, -0.2) is 9.18 Å². The van der Waals surface area contributed by atoms with E-state index >= 15 is 0 Å². The van der Waals surface area contributed by atoms with Crippen LogP contribution >= 0.6 is 11.6 Å². The predicted octanol–water partition coefficient (Wildman–Crippen LogP) is 4.10. The molecule has 20 heavy (non-hydrogen) atoms. The molecular formula is C14H11ClFNO3. The van der Waals surface area contributed by atoms with Crippen molar-refractivity contribution in [3.63, 3.8) is 0 Å². The minimum atomic E-state index is -0.711. The molecule has 0 fully saturated rings. The Kier molecular flexibility index (Phi) is 4.42. The average molecular weight is 296 g/mol. The zero-order valence-corrected chi connectivity index (χ0v) is 11.3. The first-order chi connectivity index (χ1) is 9.58. The molecule has 0 heterocycles. The minimum absolute atomic E-state index is 0.233. The lowest BCUT2D eigenvalue weighted by Gasteiger charge is -2.10. The van der Waals surface area contributed by atoms with Crippen LogP contribution in [0.2, 0.25) is 5.02 Å². The van der Waals surface area contributed by atoms with Crippen molar-refractivity contribution in [1.29, 1.82) is 0 Å². The van der Waals surface area contributed by atoms with Gasteiger partial charge in [-0.15, -0.1) is 0 Å². The van der Waals surface area contributed by atoms with E-state index in [1.165, 1.54) is 31.4 Å². The summed E-state index contributed by atoms with van der Waals surface area (Å²) in [4.78, 5) is 11.7. The normalized spacial score (nSPS) is 9.95. The third-order valence-corrected chi connectivity index (χ3v) is 2.66. The van der Waals surface area contributed by atoms with E-state index in [0.29, 0.717) is 16.5 Å². The van der Waals surface area contributed by atoms with E-state index in [2.05, 4.69) is 5.32 Å². The number of ether oxygens (including phenoxy) is 2. The summed E-state index contributed by atoms with van der Waals surface area (Å²) in [7, 11) is 1.46. The van der Waals surface area contributed by atoms with Crippen LogP contribution < -0.4 is 14.8 Å². The summed E-state index contributed by atoms with van der Waals surface area (Å²) >= 11 is 5.82. The molecule has 0 radical (unpaired) electrons.